The van der Waals surface area contributed by atoms with E-state index in [4.69, 9.17) is 4.74 Å². The minimum atomic E-state index is -0.431. The monoisotopic (exact) mass is 440 g/mol. The standard InChI is InChI=1S/C27H24N2O4/c1-2-33-27(30)25-24(21-13-15-23(16-14-21)29(31)32)17-18-28(19-20-9-5-3-6-10-20)26(25)22-11-7-4-8-12-22/h3-18,24H,2,19H2,1H3. The van der Waals surface area contributed by atoms with Gasteiger partial charge in [0.05, 0.1) is 22.8 Å². The highest BCUT2D eigenvalue weighted by Gasteiger charge is 2.32. The molecule has 1 atom stereocenters. The molecule has 0 amide bonds. The number of carbonyl (C=O) groups is 1. The van der Waals surface area contributed by atoms with Gasteiger partial charge in [0.15, 0.2) is 0 Å². The second-order valence-electron chi connectivity index (χ2n) is 7.63. The molecule has 1 unspecified atom stereocenters. The molecule has 0 N–H and O–H groups in total. The van der Waals surface area contributed by atoms with Gasteiger partial charge in [0, 0.05) is 30.8 Å². The maximum atomic E-state index is 13.3. The number of hydrogen-bond acceptors (Lipinski definition) is 5. The molecule has 3 aromatic rings. The topological polar surface area (TPSA) is 72.7 Å². The third-order valence-electron chi connectivity index (χ3n) is 5.51. The molecule has 0 fully saturated rings. The molecular formula is C27H24N2O4. The summed E-state index contributed by atoms with van der Waals surface area (Å²) in [6.45, 7) is 2.61. The molecular weight excluding hydrogens is 416 g/mol. The normalized spacial score (nSPS) is 15.4. The molecule has 6 heteroatoms. The highest BCUT2D eigenvalue weighted by molar-refractivity contribution is 6.00. The first-order valence-corrected chi connectivity index (χ1v) is 10.8. The Kier molecular flexibility index (Phi) is 6.64. The molecule has 0 bridgehead atoms. The minimum absolute atomic E-state index is 0.00851. The van der Waals surface area contributed by atoms with Crippen LogP contribution in [0.2, 0.25) is 0 Å². The average Bonchev–Trinajstić information content (AvgIpc) is 2.85. The van der Waals surface area contributed by atoms with E-state index in [-0.39, 0.29) is 12.3 Å². The van der Waals surface area contributed by atoms with E-state index >= 15 is 0 Å². The smallest absolute Gasteiger partial charge is 0.337 e. The fraction of sp³-hybridized carbons (Fsp3) is 0.148. The number of benzene rings is 3. The van der Waals surface area contributed by atoms with Crippen LogP contribution in [-0.4, -0.2) is 22.4 Å². The Labute approximate surface area is 192 Å². The third-order valence-corrected chi connectivity index (χ3v) is 5.51. The number of nitrogens with zero attached hydrogens (tertiary/aromatic N) is 2. The number of esters is 1. The fourth-order valence-electron chi connectivity index (χ4n) is 4.01. The molecule has 0 spiro atoms. The predicted molar refractivity (Wildman–Crippen MR) is 127 cm³/mol. The van der Waals surface area contributed by atoms with Gasteiger partial charge in [0.25, 0.3) is 5.69 Å². The number of non-ortho nitro benzene ring substituents is 1. The van der Waals surface area contributed by atoms with Gasteiger partial charge in [-0.3, -0.25) is 10.1 Å². The molecule has 0 saturated heterocycles. The molecule has 0 radical (unpaired) electrons. The second-order valence-corrected chi connectivity index (χ2v) is 7.63. The zero-order valence-electron chi connectivity index (χ0n) is 18.3. The Bertz CT molecular complexity index is 1190. The summed E-state index contributed by atoms with van der Waals surface area (Å²) in [5, 5.41) is 11.1. The number of hydrogen-bond donors (Lipinski definition) is 0. The van der Waals surface area contributed by atoms with Crippen LogP contribution < -0.4 is 0 Å². The number of ether oxygens (including phenoxy) is 1. The van der Waals surface area contributed by atoms with Gasteiger partial charge >= 0.3 is 5.97 Å². The van der Waals surface area contributed by atoms with Crippen LogP contribution >= 0.6 is 0 Å². The van der Waals surface area contributed by atoms with Crippen molar-refractivity contribution in [3.8, 4) is 0 Å². The van der Waals surface area contributed by atoms with Gasteiger partial charge in [-0.2, -0.15) is 0 Å². The summed E-state index contributed by atoms with van der Waals surface area (Å²) in [6.07, 6.45) is 3.92. The first-order valence-electron chi connectivity index (χ1n) is 10.8. The summed E-state index contributed by atoms with van der Waals surface area (Å²) in [4.78, 5) is 26.0. The van der Waals surface area contributed by atoms with Crippen LogP contribution in [-0.2, 0) is 16.1 Å². The van der Waals surface area contributed by atoms with Gasteiger partial charge in [-0.25, -0.2) is 4.79 Å². The first kappa shape index (κ1) is 22.0. The minimum Gasteiger partial charge on any atom is -0.463 e. The summed E-state index contributed by atoms with van der Waals surface area (Å²) in [5.41, 5.74) is 4.07. The van der Waals surface area contributed by atoms with Crippen molar-refractivity contribution < 1.29 is 14.5 Å². The average molecular weight is 440 g/mol. The molecule has 0 aliphatic carbocycles. The van der Waals surface area contributed by atoms with Gasteiger partial charge < -0.3 is 9.64 Å². The van der Waals surface area contributed by atoms with Crippen molar-refractivity contribution >= 4 is 17.4 Å². The van der Waals surface area contributed by atoms with Crippen LogP contribution in [0.3, 0.4) is 0 Å². The summed E-state index contributed by atoms with van der Waals surface area (Å²) in [7, 11) is 0. The zero-order chi connectivity index (χ0) is 23.2. The van der Waals surface area contributed by atoms with Crippen molar-refractivity contribution in [3.05, 3.63) is 130 Å². The molecule has 1 aliphatic heterocycles. The van der Waals surface area contributed by atoms with E-state index in [9.17, 15) is 14.9 Å². The Morgan fingerprint density at radius 1 is 0.970 bits per heavy atom. The number of rotatable bonds is 7. The number of allylic oxidation sites excluding steroid dienone is 1. The van der Waals surface area contributed by atoms with Crippen molar-refractivity contribution in [2.75, 3.05) is 6.61 Å². The van der Waals surface area contributed by atoms with Crippen LogP contribution in [0.5, 0.6) is 0 Å². The molecule has 1 aliphatic rings. The maximum Gasteiger partial charge on any atom is 0.337 e. The van der Waals surface area contributed by atoms with Crippen LogP contribution in [0.1, 0.15) is 29.5 Å². The largest absolute Gasteiger partial charge is 0.463 e. The van der Waals surface area contributed by atoms with E-state index < -0.39 is 16.8 Å². The third kappa shape index (κ3) is 4.85. The Morgan fingerprint density at radius 3 is 2.21 bits per heavy atom. The molecule has 4 rings (SSSR count). The van der Waals surface area contributed by atoms with E-state index in [1.165, 1.54) is 12.1 Å². The Hall–Kier alpha value is -4.19. The van der Waals surface area contributed by atoms with E-state index in [1.54, 1.807) is 19.1 Å². The van der Waals surface area contributed by atoms with Gasteiger partial charge in [0.1, 0.15) is 0 Å². The number of nitro benzene ring substituents is 1. The lowest BCUT2D eigenvalue weighted by molar-refractivity contribution is -0.384. The fourth-order valence-corrected chi connectivity index (χ4v) is 4.01. The molecule has 166 valence electrons. The van der Waals surface area contributed by atoms with E-state index in [1.807, 2.05) is 72.9 Å². The molecule has 3 aromatic carbocycles. The lowest BCUT2D eigenvalue weighted by Gasteiger charge is -2.33. The molecule has 0 saturated carbocycles. The van der Waals surface area contributed by atoms with Crippen molar-refractivity contribution in [1.29, 1.82) is 0 Å². The van der Waals surface area contributed by atoms with E-state index in [0.717, 1.165) is 22.4 Å². The highest BCUT2D eigenvalue weighted by atomic mass is 16.6. The maximum absolute atomic E-state index is 13.3. The van der Waals surface area contributed by atoms with Crippen molar-refractivity contribution in [2.45, 2.75) is 19.4 Å². The van der Waals surface area contributed by atoms with Crippen LogP contribution in [0, 0.1) is 10.1 Å². The lowest BCUT2D eigenvalue weighted by Crippen LogP contribution is -2.27. The lowest BCUT2D eigenvalue weighted by atomic mass is 9.85. The van der Waals surface area contributed by atoms with Gasteiger partial charge in [-0.05, 0) is 23.6 Å². The quantitative estimate of drug-likeness (QED) is 0.268. The molecule has 6 nitrogen and oxygen atoms in total. The predicted octanol–water partition coefficient (Wildman–Crippen LogP) is 5.68. The van der Waals surface area contributed by atoms with Crippen molar-refractivity contribution in [2.24, 2.45) is 0 Å². The van der Waals surface area contributed by atoms with E-state index in [2.05, 4.69) is 4.90 Å². The highest BCUT2D eigenvalue weighted by Crippen LogP contribution is 2.39. The molecule has 1 heterocycles. The van der Waals surface area contributed by atoms with Crippen LogP contribution in [0.25, 0.3) is 5.70 Å². The SMILES string of the molecule is CCOC(=O)C1=C(c2ccccc2)N(Cc2ccccc2)C=CC1c1ccc([N+](=O)[O-])cc1. The van der Waals surface area contributed by atoms with Crippen molar-refractivity contribution in [3.63, 3.8) is 0 Å². The van der Waals surface area contributed by atoms with Gasteiger partial charge in [0.2, 0.25) is 0 Å². The Balaban J connectivity index is 1.85. The molecule has 0 aromatic heterocycles. The van der Waals surface area contributed by atoms with Crippen LogP contribution in [0.4, 0.5) is 5.69 Å². The van der Waals surface area contributed by atoms with E-state index in [0.29, 0.717) is 12.1 Å². The second kappa shape index (κ2) is 9.96. The summed E-state index contributed by atoms with van der Waals surface area (Å²) >= 11 is 0. The summed E-state index contributed by atoms with van der Waals surface area (Å²) < 4.78 is 5.48. The molecule has 33 heavy (non-hydrogen) atoms. The Morgan fingerprint density at radius 2 is 1.61 bits per heavy atom. The summed E-state index contributed by atoms with van der Waals surface area (Å²) in [6, 6.07) is 26.1. The van der Waals surface area contributed by atoms with Gasteiger partial charge in [-0.1, -0.05) is 78.9 Å². The number of carbonyl (C=O) groups excluding carboxylic acids is 1. The number of nitro groups is 1. The van der Waals surface area contributed by atoms with Gasteiger partial charge in [-0.15, -0.1) is 0 Å². The first-order chi connectivity index (χ1) is 16.1. The summed E-state index contributed by atoms with van der Waals surface area (Å²) in [5.74, 6) is -0.797. The van der Waals surface area contributed by atoms with Crippen molar-refractivity contribution in [1.82, 2.24) is 4.90 Å². The van der Waals surface area contributed by atoms with Crippen LogP contribution in [0.15, 0.2) is 103 Å². The zero-order valence-corrected chi connectivity index (χ0v) is 18.3.